The molecule has 1 aliphatic heterocycles. The molecular formula is C13H25N. The van der Waals surface area contributed by atoms with Crippen LogP contribution in [0.25, 0.3) is 0 Å². The van der Waals surface area contributed by atoms with Crippen LogP contribution in [0.3, 0.4) is 0 Å². The Hall–Kier alpha value is -0.0400. The fraction of sp³-hybridized carbons (Fsp3) is 1.00. The molecule has 2 atom stereocenters. The molecule has 0 aromatic carbocycles. The Bertz CT molecular complexity index is 207. The van der Waals surface area contributed by atoms with Crippen LogP contribution in [-0.2, 0) is 0 Å². The summed E-state index contributed by atoms with van der Waals surface area (Å²) in [4.78, 5) is 2.66. The molecule has 14 heavy (non-hydrogen) atoms. The van der Waals surface area contributed by atoms with Gasteiger partial charge in [-0.2, -0.15) is 0 Å². The van der Waals surface area contributed by atoms with Gasteiger partial charge in [-0.15, -0.1) is 0 Å². The van der Waals surface area contributed by atoms with Crippen molar-refractivity contribution >= 4 is 0 Å². The van der Waals surface area contributed by atoms with Crippen LogP contribution in [0.4, 0.5) is 0 Å². The molecule has 1 heteroatoms. The number of hydrogen-bond donors (Lipinski definition) is 0. The predicted octanol–water partition coefficient (Wildman–Crippen LogP) is 3.01. The lowest BCUT2D eigenvalue weighted by Crippen LogP contribution is -2.42. The van der Waals surface area contributed by atoms with E-state index in [2.05, 4.69) is 46.4 Å². The zero-order valence-electron chi connectivity index (χ0n) is 10.6. The number of piperidine rings is 1. The Labute approximate surface area is 88.9 Å². The van der Waals surface area contributed by atoms with E-state index in [-0.39, 0.29) is 0 Å². The molecule has 2 rings (SSSR count). The summed E-state index contributed by atoms with van der Waals surface area (Å²) in [5.74, 6) is 3.02. The summed E-state index contributed by atoms with van der Waals surface area (Å²) < 4.78 is 0. The lowest BCUT2D eigenvalue weighted by molar-refractivity contribution is 0.130. The SMILES string of the molecule is CC(C)(C)C1C2CN(C(C)(C)C)CC21. The van der Waals surface area contributed by atoms with E-state index in [4.69, 9.17) is 0 Å². The number of hydrogen-bond acceptors (Lipinski definition) is 1. The summed E-state index contributed by atoms with van der Waals surface area (Å²) in [5.41, 5.74) is 0.926. The first-order valence-corrected chi connectivity index (χ1v) is 5.96. The van der Waals surface area contributed by atoms with Gasteiger partial charge in [0.2, 0.25) is 0 Å². The fourth-order valence-corrected chi connectivity index (χ4v) is 3.36. The number of fused-ring (bicyclic) bond motifs is 1. The van der Waals surface area contributed by atoms with Gasteiger partial charge in [0.05, 0.1) is 0 Å². The largest absolute Gasteiger partial charge is 0.298 e. The highest BCUT2D eigenvalue weighted by Gasteiger charge is 2.60. The average molecular weight is 195 g/mol. The minimum atomic E-state index is 0.385. The van der Waals surface area contributed by atoms with E-state index in [9.17, 15) is 0 Å². The number of rotatable bonds is 0. The zero-order valence-corrected chi connectivity index (χ0v) is 10.6. The van der Waals surface area contributed by atoms with Crippen LogP contribution in [0.5, 0.6) is 0 Å². The smallest absolute Gasteiger partial charge is 0.0125 e. The Morgan fingerprint density at radius 1 is 0.857 bits per heavy atom. The highest BCUT2D eigenvalue weighted by Crippen LogP contribution is 2.60. The van der Waals surface area contributed by atoms with Gasteiger partial charge in [0.1, 0.15) is 0 Å². The first-order chi connectivity index (χ1) is 6.21. The Balaban J connectivity index is 1.94. The van der Waals surface area contributed by atoms with Crippen molar-refractivity contribution in [2.45, 2.75) is 47.1 Å². The summed E-state index contributed by atoms with van der Waals surface area (Å²) in [6, 6.07) is 0. The van der Waals surface area contributed by atoms with E-state index >= 15 is 0 Å². The Morgan fingerprint density at radius 2 is 1.29 bits per heavy atom. The lowest BCUT2D eigenvalue weighted by atomic mass is 9.86. The van der Waals surface area contributed by atoms with Gasteiger partial charge in [-0.1, -0.05) is 20.8 Å². The van der Waals surface area contributed by atoms with E-state index in [0.29, 0.717) is 11.0 Å². The van der Waals surface area contributed by atoms with Crippen LogP contribution < -0.4 is 0 Å². The Kier molecular flexibility index (Phi) is 2.06. The monoisotopic (exact) mass is 195 g/mol. The number of likely N-dealkylation sites (tertiary alicyclic amines) is 1. The molecule has 1 aliphatic carbocycles. The second-order valence-corrected chi connectivity index (χ2v) is 7.30. The van der Waals surface area contributed by atoms with Crippen molar-refractivity contribution in [3.05, 3.63) is 0 Å². The molecule has 82 valence electrons. The molecular weight excluding hydrogens is 170 g/mol. The molecule has 0 amide bonds. The quantitative estimate of drug-likeness (QED) is 0.574. The standard InChI is InChI=1S/C13H25N/c1-12(2,3)11-9-7-14(8-10(9)11)13(4,5)6/h9-11H,7-8H2,1-6H3. The van der Waals surface area contributed by atoms with Crippen LogP contribution in [0.15, 0.2) is 0 Å². The summed E-state index contributed by atoms with van der Waals surface area (Å²) in [6.45, 7) is 16.9. The maximum Gasteiger partial charge on any atom is 0.0125 e. The van der Waals surface area contributed by atoms with E-state index in [1.54, 1.807) is 0 Å². The molecule has 2 aliphatic rings. The van der Waals surface area contributed by atoms with Gasteiger partial charge >= 0.3 is 0 Å². The maximum atomic E-state index is 2.66. The van der Waals surface area contributed by atoms with Crippen molar-refractivity contribution in [3.63, 3.8) is 0 Å². The van der Waals surface area contributed by atoms with Gasteiger partial charge < -0.3 is 0 Å². The van der Waals surface area contributed by atoms with Crippen LogP contribution in [0, 0.1) is 23.2 Å². The molecule has 1 nitrogen and oxygen atoms in total. The molecule has 0 spiro atoms. The van der Waals surface area contributed by atoms with Gasteiger partial charge in [0.25, 0.3) is 0 Å². The van der Waals surface area contributed by atoms with Gasteiger partial charge in [-0.25, -0.2) is 0 Å². The molecule has 2 fully saturated rings. The third-order valence-electron chi connectivity index (χ3n) is 4.14. The lowest BCUT2D eigenvalue weighted by Gasteiger charge is -2.35. The number of nitrogens with zero attached hydrogens (tertiary/aromatic N) is 1. The molecule has 0 N–H and O–H groups in total. The summed E-state index contributed by atoms with van der Waals surface area (Å²) in [6.07, 6.45) is 0. The molecule has 0 radical (unpaired) electrons. The van der Waals surface area contributed by atoms with Crippen LogP contribution in [-0.4, -0.2) is 23.5 Å². The van der Waals surface area contributed by atoms with Gasteiger partial charge in [-0.3, -0.25) is 4.90 Å². The van der Waals surface area contributed by atoms with Crippen molar-refractivity contribution in [2.24, 2.45) is 23.2 Å². The minimum absolute atomic E-state index is 0.385. The summed E-state index contributed by atoms with van der Waals surface area (Å²) >= 11 is 0. The molecule has 0 aromatic rings. The van der Waals surface area contributed by atoms with Gasteiger partial charge in [0, 0.05) is 18.6 Å². The first-order valence-electron chi connectivity index (χ1n) is 5.96. The molecule has 1 saturated carbocycles. The third kappa shape index (κ3) is 1.60. The highest BCUT2D eigenvalue weighted by molar-refractivity contribution is 5.10. The average Bonchev–Trinajstić information content (AvgIpc) is 2.46. The summed E-state index contributed by atoms with van der Waals surface area (Å²) in [5, 5.41) is 0. The fourth-order valence-electron chi connectivity index (χ4n) is 3.36. The van der Waals surface area contributed by atoms with Crippen molar-refractivity contribution in [2.75, 3.05) is 13.1 Å². The van der Waals surface area contributed by atoms with Gasteiger partial charge in [-0.05, 0) is 43.9 Å². The molecule has 0 bridgehead atoms. The Morgan fingerprint density at radius 3 is 1.57 bits per heavy atom. The van der Waals surface area contributed by atoms with Crippen molar-refractivity contribution in [3.8, 4) is 0 Å². The first kappa shape index (κ1) is 10.5. The predicted molar refractivity (Wildman–Crippen MR) is 61.3 cm³/mol. The van der Waals surface area contributed by atoms with Crippen molar-refractivity contribution in [1.29, 1.82) is 0 Å². The third-order valence-corrected chi connectivity index (χ3v) is 4.14. The second-order valence-electron chi connectivity index (χ2n) is 7.30. The molecule has 2 unspecified atom stereocenters. The minimum Gasteiger partial charge on any atom is -0.298 e. The van der Waals surface area contributed by atoms with Gasteiger partial charge in [0.15, 0.2) is 0 Å². The zero-order chi connectivity index (χ0) is 10.7. The normalized spacial score (nSPS) is 38.6. The van der Waals surface area contributed by atoms with Crippen LogP contribution in [0.1, 0.15) is 41.5 Å². The summed E-state index contributed by atoms with van der Waals surface area (Å²) in [7, 11) is 0. The van der Waals surface area contributed by atoms with Crippen LogP contribution >= 0.6 is 0 Å². The molecule has 1 heterocycles. The van der Waals surface area contributed by atoms with E-state index in [0.717, 1.165) is 17.8 Å². The van der Waals surface area contributed by atoms with Crippen molar-refractivity contribution < 1.29 is 0 Å². The van der Waals surface area contributed by atoms with E-state index < -0.39 is 0 Å². The van der Waals surface area contributed by atoms with E-state index in [1.165, 1.54) is 13.1 Å². The van der Waals surface area contributed by atoms with E-state index in [1.807, 2.05) is 0 Å². The molecule has 0 aromatic heterocycles. The molecule has 1 saturated heterocycles. The van der Waals surface area contributed by atoms with Crippen LogP contribution in [0.2, 0.25) is 0 Å². The second kappa shape index (κ2) is 2.75. The van der Waals surface area contributed by atoms with Crippen molar-refractivity contribution in [1.82, 2.24) is 4.90 Å². The maximum absolute atomic E-state index is 2.66. The highest BCUT2D eigenvalue weighted by atomic mass is 15.2. The topological polar surface area (TPSA) is 3.24 Å².